The van der Waals surface area contributed by atoms with Gasteiger partial charge in [-0.1, -0.05) is 0 Å². The van der Waals surface area contributed by atoms with Gasteiger partial charge >= 0.3 is 0 Å². The van der Waals surface area contributed by atoms with Crippen LogP contribution in [0.2, 0.25) is 0 Å². The molecule has 5 heteroatoms. The maximum absolute atomic E-state index is 9.68. The highest BCUT2D eigenvalue weighted by molar-refractivity contribution is 5.42. The first-order valence-corrected chi connectivity index (χ1v) is 4.63. The van der Waals surface area contributed by atoms with E-state index in [0.29, 0.717) is 11.3 Å². The lowest BCUT2D eigenvalue weighted by atomic mass is 9.99. The molecule has 0 saturated heterocycles. The number of hydrogen-bond acceptors (Lipinski definition) is 5. The van der Waals surface area contributed by atoms with Crippen LogP contribution in [-0.4, -0.2) is 31.5 Å². The monoisotopic (exact) mass is 213 g/mol. The largest absolute Gasteiger partial charge is 0.506 e. The fourth-order valence-corrected chi connectivity index (χ4v) is 1.35. The smallest absolute Gasteiger partial charge is 0.143 e. The molecule has 0 saturated carbocycles. The second-order valence-corrected chi connectivity index (χ2v) is 3.47. The van der Waals surface area contributed by atoms with Crippen LogP contribution in [0.3, 0.4) is 0 Å². The van der Waals surface area contributed by atoms with Gasteiger partial charge in [-0.25, -0.2) is 0 Å². The van der Waals surface area contributed by atoms with Crippen LogP contribution in [0.1, 0.15) is 29.8 Å². The molecular formula is C10H15NO4. The molecule has 1 heterocycles. The normalized spacial score (nSPS) is 15.0. The third-order valence-corrected chi connectivity index (χ3v) is 2.28. The van der Waals surface area contributed by atoms with E-state index in [0.717, 1.165) is 0 Å². The predicted molar refractivity (Wildman–Crippen MR) is 53.2 cm³/mol. The van der Waals surface area contributed by atoms with Crippen molar-refractivity contribution in [3.63, 3.8) is 0 Å². The zero-order valence-corrected chi connectivity index (χ0v) is 8.68. The quantitative estimate of drug-likeness (QED) is 0.567. The Morgan fingerprint density at radius 1 is 1.40 bits per heavy atom. The first-order valence-electron chi connectivity index (χ1n) is 4.63. The minimum absolute atomic E-state index is 0.139. The van der Waals surface area contributed by atoms with Crippen LogP contribution in [0.15, 0.2) is 6.20 Å². The summed E-state index contributed by atoms with van der Waals surface area (Å²) in [5.41, 5.74) is 0.799. The summed E-state index contributed by atoms with van der Waals surface area (Å²) >= 11 is 0. The number of rotatable bonds is 3. The lowest BCUT2D eigenvalue weighted by Crippen LogP contribution is -2.16. The first kappa shape index (κ1) is 11.9. The third-order valence-electron chi connectivity index (χ3n) is 2.28. The van der Waals surface area contributed by atoms with Crippen molar-refractivity contribution in [2.45, 2.75) is 32.7 Å². The summed E-state index contributed by atoms with van der Waals surface area (Å²) in [6.45, 7) is 2.63. The molecule has 1 aromatic heterocycles. The molecule has 0 amide bonds. The molecule has 1 aromatic rings. The lowest BCUT2D eigenvalue weighted by Gasteiger charge is -2.19. The van der Waals surface area contributed by atoms with E-state index in [1.165, 1.54) is 13.1 Å². The summed E-state index contributed by atoms with van der Waals surface area (Å²) in [6.07, 6.45) is -0.882. The van der Waals surface area contributed by atoms with Crippen LogP contribution in [0.25, 0.3) is 0 Å². The topological polar surface area (TPSA) is 93.8 Å². The number of aliphatic hydroxyl groups is 3. The zero-order valence-electron chi connectivity index (χ0n) is 8.68. The summed E-state index contributed by atoms with van der Waals surface area (Å²) in [7, 11) is 0. The number of aromatic hydroxyl groups is 1. The van der Waals surface area contributed by atoms with Crippen molar-refractivity contribution in [1.29, 1.82) is 0 Å². The maximum atomic E-state index is 9.68. The molecule has 15 heavy (non-hydrogen) atoms. The summed E-state index contributed by atoms with van der Waals surface area (Å²) in [6, 6.07) is 0. The van der Waals surface area contributed by atoms with Crippen LogP contribution in [0.4, 0.5) is 0 Å². The Balaban J connectivity index is 3.29. The Morgan fingerprint density at radius 3 is 2.47 bits per heavy atom. The zero-order chi connectivity index (χ0) is 11.6. The van der Waals surface area contributed by atoms with E-state index in [1.807, 2.05) is 0 Å². The average Bonchev–Trinajstić information content (AvgIpc) is 2.20. The molecule has 0 spiro atoms. The van der Waals surface area contributed by atoms with E-state index < -0.39 is 12.2 Å². The van der Waals surface area contributed by atoms with Crippen LogP contribution < -0.4 is 0 Å². The second-order valence-electron chi connectivity index (χ2n) is 3.47. The van der Waals surface area contributed by atoms with Gasteiger partial charge in [0.1, 0.15) is 11.9 Å². The van der Waals surface area contributed by atoms with Gasteiger partial charge in [-0.15, -0.1) is 0 Å². The van der Waals surface area contributed by atoms with Crippen LogP contribution in [-0.2, 0) is 6.61 Å². The molecule has 0 fully saturated rings. The van der Waals surface area contributed by atoms with E-state index in [1.54, 1.807) is 6.92 Å². The Hall–Kier alpha value is -1.17. The molecule has 0 aromatic carbocycles. The number of pyridine rings is 1. The molecular weight excluding hydrogens is 198 g/mol. The van der Waals surface area contributed by atoms with Gasteiger partial charge in [0.2, 0.25) is 0 Å². The van der Waals surface area contributed by atoms with E-state index >= 15 is 0 Å². The molecule has 0 bridgehead atoms. The molecule has 2 unspecified atom stereocenters. The van der Waals surface area contributed by atoms with Crippen molar-refractivity contribution in [2.24, 2.45) is 0 Å². The molecule has 0 aliphatic heterocycles. The summed E-state index contributed by atoms with van der Waals surface area (Å²) < 4.78 is 0. The molecule has 0 aliphatic carbocycles. The highest BCUT2D eigenvalue weighted by Crippen LogP contribution is 2.31. The molecule has 5 nitrogen and oxygen atoms in total. The Morgan fingerprint density at radius 2 is 2.00 bits per heavy atom. The number of hydrogen-bond donors (Lipinski definition) is 4. The molecule has 0 radical (unpaired) electrons. The highest BCUT2D eigenvalue weighted by Gasteiger charge is 2.22. The van der Waals surface area contributed by atoms with E-state index in [2.05, 4.69) is 4.98 Å². The minimum Gasteiger partial charge on any atom is -0.506 e. The standard InChI is InChI=1S/C10H15NO4/c1-5-9(14)8(10(15)6(2)13)7(4-12)3-11-5/h3,6,10,12-15H,4H2,1-2H3. The molecule has 1 rings (SSSR count). The highest BCUT2D eigenvalue weighted by atomic mass is 16.3. The Kier molecular flexibility index (Phi) is 3.62. The minimum atomic E-state index is -1.23. The second kappa shape index (κ2) is 4.57. The van der Waals surface area contributed by atoms with Crippen LogP contribution in [0.5, 0.6) is 5.75 Å². The van der Waals surface area contributed by atoms with Crippen molar-refractivity contribution < 1.29 is 20.4 Å². The van der Waals surface area contributed by atoms with Gasteiger partial charge in [-0.05, 0) is 13.8 Å². The summed E-state index contributed by atoms with van der Waals surface area (Å²) in [4.78, 5) is 3.85. The Labute approximate surface area is 87.7 Å². The van der Waals surface area contributed by atoms with Crippen LogP contribution in [0, 0.1) is 6.92 Å². The Bertz CT molecular complexity index is 352. The fraction of sp³-hybridized carbons (Fsp3) is 0.500. The number of aliphatic hydroxyl groups excluding tert-OH is 3. The molecule has 4 N–H and O–H groups in total. The van der Waals surface area contributed by atoms with E-state index in [-0.39, 0.29) is 17.9 Å². The van der Waals surface area contributed by atoms with Crippen molar-refractivity contribution >= 4 is 0 Å². The van der Waals surface area contributed by atoms with Gasteiger partial charge in [0.25, 0.3) is 0 Å². The van der Waals surface area contributed by atoms with Crippen molar-refractivity contribution in [1.82, 2.24) is 4.98 Å². The van der Waals surface area contributed by atoms with Gasteiger partial charge in [0.15, 0.2) is 0 Å². The summed E-state index contributed by atoms with van der Waals surface area (Å²) in [5.74, 6) is -0.185. The third kappa shape index (κ3) is 2.26. The van der Waals surface area contributed by atoms with Gasteiger partial charge in [-0.3, -0.25) is 4.98 Å². The number of aromatic nitrogens is 1. The number of aryl methyl sites for hydroxylation is 1. The SMILES string of the molecule is Cc1ncc(CO)c(C(O)C(C)O)c1O. The number of nitrogens with zero attached hydrogens (tertiary/aromatic N) is 1. The maximum Gasteiger partial charge on any atom is 0.143 e. The predicted octanol–water partition coefficient (Wildman–Crippen LogP) is 0.00212. The molecule has 2 atom stereocenters. The van der Waals surface area contributed by atoms with Crippen molar-refractivity contribution in [2.75, 3.05) is 0 Å². The van der Waals surface area contributed by atoms with Crippen LogP contribution >= 0.6 is 0 Å². The van der Waals surface area contributed by atoms with Crippen molar-refractivity contribution in [3.8, 4) is 5.75 Å². The summed E-state index contributed by atoms with van der Waals surface area (Å²) in [5, 5.41) is 37.6. The van der Waals surface area contributed by atoms with E-state index in [9.17, 15) is 15.3 Å². The lowest BCUT2D eigenvalue weighted by molar-refractivity contribution is 0.0276. The molecule has 84 valence electrons. The van der Waals surface area contributed by atoms with Crippen molar-refractivity contribution in [3.05, 3.63) is 23.0 Å². The fourth-order valence-electron chi connectivity index (χ4n) is 1.35. The average molecular weight is 213 g/mol. The van der Waals surface area contributed by atoms with E-state index in [4.69, 9.17) is 5.11 Å². The van der Waals surface area contributed by atoms with Gasteiger partial charge in [0, 0.05) is 17.3 Å². The van der Waals surface area contributed by atoms with Gasteiger partial charge in [0.05, 0.1) is 18.4 Å². The van der Waals surface area contributed by atoms with Gasteiger partial charge in [-0.2, -0.15) is 0 Å². The van der Waals surface area contributed by atoms with Gasteiger partial charge < -0.3 is 20.4 Å². The molecule has 0 aliphatic rings. The first-order chi connectivity index (χ1) is 6.99.